The van der Waals surface area contributed by atoms with Crippen molar-refractivity contribution in [2.75, 3.05) is 0 Å². The molecule has 0 aliphatic carbocycles. The Morgan fingerprint density at radius 3 is 1.80 bits per heavy atom. The van der Waals surface area contributed by atoms with Gasteiger partial charge in [-0.15, -0.1) is 0 Å². The van der Waals surface area contributed by atoms with E-state index in [1.807, 2.05) is 0 Å². The van der Waals surface area contributed by atoms with Crippen molar-refractivity contribution in [2.45, 2.75) is 0 Å². The fourth-order valence-corrected chi connectivity index (χ4v) is 3.53. The van der Waals surface area contributed by atoms with Crippen molar-refractivity contribution in [3.63, 3.8) is 0 Å². The summed E-state index contributed by atoms with van der Waals surface area (Å²) in [4.78, 5) is 14.3. The molecule has 5 heteroatoms. The SMILES string of the molecule is O=c1sc(=C\Br)/c(=C/Br)s1. The first-order valence-corrected chi connectivity index (χ1v) is 5.75. The maximum Gasteiger partial charge on any atom is 0.288 e. The van der Waals surface area contributed by atoms with Crippen LogP contribution in [0.1, 0.15) is 0 Å². The van der Waals surface area contributed by atoms with Gasteiger partial charge in [0, 0.05) is 9.97 Å². The van der Waals surface area contributed by atoms with Crippen LogP contribution in [0, 0.1) is 0 Å². The highest BCUT2D eigenvalue weighted by Crippen LogP contribution is 1.86. The van der Waals surface area contributed by atoms with Crippen LogP contribution >= 0.6 is 54.5 Å². The van der Waals surface area contributed by atoms with E-state index in [1.54, 1.807) is 9.97 Å². The average Bonchev–Trinajstić information content (AvgIpc) is 2.30. The molecule has 54 valence electrons. The highest BCUT2D eigenvalue weighted by Gasteiger charge is 1.90. The smallest absolute Gasteiger partial charge is 0.265 e. The Morgan fingerprint density at radius 1 is 1.10 bits per heavy atom. The molecule has 1 heterocycles. The highest BCUT2D eigenvalue weighted by atomic mass is 79.9. The first kappa shape index (κ1) is 8.64. The molecule has 0 bridgehead atoms. The fourth-order valence-electron chi connectivity index (χ4n) is 0.453. The van der Waals surface area contributed by atoms with E-state index < -0.39 is 0 Å². The second kappa shape index (κ2) is 3.80. The summed E-state index contributed by atoms with van der Waals surface area (Å²) >= 11 is 8.83. The maximum absolute atomic E-state index is 10.8. The van der Waals surface area contributed by atoms with Gasteiger partial charge in [-0.2, -0.15) is 0 Å². The fraction of sp³-hybridized carbons (Fsp3) is 0. The van der Waals surface area contributed by atoms with Crippen LogP contribution in [0.2, 0.25) is 0 Å². The predicted octanol–water partition coefficient (Wildman–Crippen LogP) is 1.44. The van der Waals surface area contributed by atoms with Crippen molar-refractivity contribution < 1.29 is 0 Å². The van der Waals surface area contributed by atoms with Gasteiger partial charge >= 0.3 is 0 Å². The molecular formula is C5H2Br2OS2. The van der Waals surface area contributed by atoms with Crippen molar-refractivity contribution in [3.8, 4) is 0 Å². The molecule has 0 spiro atoms. The Labute approximate surface area is 82.0 Å². The second-order valence-corrected chi connectivity index (χ2v) is 4.60. The summed E-state index contributed by atoms with van der Waals surface area (Å²) in [6, 6.07) is 0. The first-order valence-electron chi connectivity index (χ1n) is 2.28. The minimum atomic E-state index is 0.122. The molecule has 0 atom stereocenters. The Hall–Kier alpha value is 0.550. The number of hydrogen-bond acceptors (Lipinski definition) is 3. The van der Waals surface area contributed by atoms with Crippen LogP contribution in [0.25, 0.3) is 9.97 Å². The number of hydrogen-bond donors (Lipinski definition) is 0. The van der Waals surface area contributed by atoms with Gasteiger partial charge in [0.2, 0.25) is 0 Å². The zero-order valence-electron chi connectivity index (χ0n) is 4.64. The van der Waals surface area contributed by atoms with Gasteiger partial charge in [-0.25, -0.2) is 0 Å². The van der Waals surface area contributed by atoms with Crippen LogP contribution in [-0.4, -0.2) is 0 Å². The summed E-state index contributed by atoms with van der Waals surface area (Å²) in [6.07, 6.45) is 0. The van der Waals surface area contributed by atoms with Gasteiger partial charge in [0.25, 0.3) is 4.06 Å². The summed E-state index contributed by atoms with van der Waals surface area (Å²) in [7, 11) is 0. The molecule has 0 fully saturated rings. The van der Waals surface area contributed by atoms with E-state index in [9.17, 15) is 4.79 Å². The zero-order valence-corrected chi connectivity index (χ0v) is 9.44. The van der Waals surface area contributed by atoms with Gasteiger partial charge in [0.1, 0.15) is 0 Å². The van der Waals surface area contributed by atoms with Gasteiger partial charge in [-0.3, -0.25) is 4.79 Å². The van der Waals surface area contributed by atoms with E-state index in [4.69, 9.17) is 0 Å². The molecule has 1 aromatic heterocycles. The third-order valence-electron chi connectivity index (χ3n) is 0.828. The number of rotatable bonds is 0. The monoisotopic (exact) mass is 300 g/mol. The molecule has 0 unspecified atom stereocenters. The molecular weight excluding hydrogens is 300 g/mol. The van der Waals surface area contributed by atoms with Gasteiger partial charge in [0.15, 0.2) is 0 Å². The van der Waals surface area contributed by atoms with E-state index in [0.29, 0.717) is 0 Å². The molecule has 1 rings (SSSR count). The lowest BCUT2D eigenvalue weighted by Gasteiger charge is -1.66. The largest absolute Gasteiger partial charge is 0.288 e. The summed E-state index contributed by atoms with van der Waals surface area (Å²) in [5, 5.41) is 0. The molecule has 0 aliphatic heterocycles. The molecule has 0 N–H and O–H groups in total. The molecule has 0 saturated heterocycles. The summed E-state index contributed by atoms with van der Waals surface area (Å²) in [5.41, 5.74) is 0. The van der Waals surface area contributed by atoms with Crippen molar-refractivity contribution in [1.29, 1.82) is 0 Å². The lowest BCUT2D eigenvalue weighted by Crippen LogP contribution is -2.12. The van der Waals surface area contributed by atoms with Gasteiger partial charge in [-0.05, 0) is 0 Å². The molecule has 1 aromatic rings. The Bertz CT molecular complexity index is 341. The minimum Gasteiger partial charge on any atom is -0.265 e. The summed E-state index contributed by atoms with van der Waals surface area (Å²) < 4.78 is 2.05. The molecule has 0 aromatic carbocycles. The van der Waals surface area contributed by atoms with Crippen LogP contribution in [0.3, 0.4) is 0 Å². The minimum absolute atomic E-state index is 0.122. The van der Waals surface area contributed by atoms with Gasteiger partial charge in [0.05, 0.1) is 9.06 Å². The van der Waals surface area contributed by atoms with E-state index >= 15 is 0 Å². The molecule has 0 aliphatic rings. The van der Waals surface area contributed by atoms with Crippen LogP contribution < -0.4 is 13.1 Å². The Morgan fingerprint density at radius 2 is 1.50 bits per heavy atom. The van der Waals surface area contributed by atoms with E-state index in [1.165, 1.54) is 22.7 Å². The summed E-state index contributed by atoms with van der Waals surface area (Å²) in [5.74, 6) is 0. The Balaban J connectivity index is 3.69. The van der Waals surface area contributed by atoms with E-state index in [-0.39, 0.29) is 4.06 Å². The average molecular weight is 302 g/mol. The highest BCUT2D eigenvalue weighted by molar-refractivity contribution is 9.14. The topological polar surface area (TPSA) is 17.1 Å². The standard InChI is InChI=1S/C5H2Br2OS2/c6-1-3-4(2-7)10-5(8)9-3/h1-2H/b3-1-,4-2-. The third-order valence-corrected chi connectivity index (χ3v) is 4.43. The maximum atomic E-state index is 10.8. The van der Waals surface area contributed by atoms with Crippen LogP contribution in [0.15, 0.2) is 4.79 Å². The lowest BCUT2D eigenvalue weighted by atomic mass is 10.8. The normalized spacial score (nSPS) is 14.6. The third kappa shape index (κ3) is 1.78. The molecule has 0 amide bonds. The van der Waals surface area contributed by atoms with Gasteiger partial charge in [-0.1, -0.05) is 54.5 Å². The second-order valence-electron chi connectivity index (χ2n) is 1.40. The molecule has 0 saturated carbocycles. The van der Waals surface area contributed by atoms with E-state index in [0.717, 1.165) is 9.06 Å². The van der Waals surface area contributed by atoms with Crippen molar-refractivity contribution in [2.24, 2.45) is 0 Å². The molecule has 10 heavy (non-hydrogen) atoms. The molecule has 0 radical (unpaired) electrons. The van der Waals surface area contributed by atoms with Crippen LogP contribution in [0.4, 0.5) is 0 Å². The van der Waals surface area contributed by atoms with E-state index in [2.05, 4.69) is 31.9 Å². The van der Waals surface area contributed by atoms with Crippen molar-refractivity contribution in [1.82, 2.24) is 0 Å². The zero-order chi connectivity index (χ0) is 7.56. The quantitative estimate of drug-likeness (QED) is 0.709. The summed E-state index contributed by atoms with van der Waals surface area (Å²) in [6.45, 7) is 0. The Kier molecular flexibility index (Phi) is 3.29. The van der Waals surface area contributed by atoms with Crippen LogP contribution in [0.5, 0.6) is 0 Å². The lowest BCUT2D eigenvalue weighted by molar-refractivity contribution is 1.95. The van der Waals surface area contributed by atoms with Crippen molar-refractivity contribution in [3.05, 3.63) is 17.9 Å². The van der Waals surface area contributed by atoms with Gasteiger partial charge < -0.3 is 0 Å². The first-order chi connectivity index (χ1) is 4.77. The van der Waals surface area contributed by atoms with Crippen molar-refractivity contribution >= 4 is 64.5 Å². The van der Waals surface area contributed by atoms with Crippen LogP contribution in [-0.2, 0) is 0 Å². The number of halogens is 2. The molecule has 1 nitrogen and oxygen atoms in total. The predicted molar refractivity (Wildman–Crippen MR) is 54.5 cm³/mol.